The number of anilines is 1. The number of rotatable bonds is 5. The van der Waals surface area contributed by atoms with Gasteiger partial charge in [-0.15, -0.1) is 0 Å². The van der Waals surface area contributed by atoms with E-state index in [1.54, 1.807) is 10.7 Å². The van der Waals surface area contributed by atoms with Crippen LogP contribution in [0.15, 0.2) is 24.5 Å². The second-order valence-electron chi connectivity index (χ2n) is 4.46. The van der Waals surface area contributed by atoms with Crippen LogP contribution < -0.4 is 5.32 Å². The zero-order valence-electron chi connectivity index (χ0n) is 9.26. The predicted molar refractivity (Wildman–Crippen MR) is 63.4 cm³/mol. The Kier molecular flexibility index (Phi) is 2.48. The van der Waals surface area contributed by atoms with Crippen molar-refractivity contribution in [1.29, 1.82) is 0 Å². The minimum atomic E-state index is 0.896. The Bertz CT molecular complexity index is 473. The van der Waals surface area contributed by atoms with E-state index in [4.69, 9.17) is 0 Å². The third-order valence-corrected chi connectivity index (χ3v) is 3.05. The van der Waals surface area contributed by atoms with Crippen LogP contribution in [0.5, 0.6) is 0 Å². The Morgan fingerprint density at radius 2 is 2.31 bits per heavy atom. The van der Waals surface area contributed by atoms with Crippen molar-refractivity contribution in [2.24, 2.45) is 5.92 Å². The van der Waals surface area contributed by atoms with Crippen molar-refractivity contribution in [2.45, 2.75) is 25.7 Å². The normalized spacial score (nSPS) is 15.5. The van der Waals surface area contributed by atoms with E-state index in [0.717, 1.165) is 23.9 Å². The van der Waals surface area contributed by atoms with Crippen LogP contribution in [0.25, 0.3) is 5.65 Å². The largest absolute Gasteiger partial charge is 0.370 e. The minimum absolute atomic E-state index is 0.896. The number of nitrogens with zero attached hydrogens (tertiary/aromatic N) is 3. The van der Waals surface area contributed by atoms with Crippen molar-refractivity contribution < 1.29 is 0 Å². The van der Waals surface area contributed by atoms with Crippen LogP contribution in [0.1, 0.15) is 25.7 Å². The lowest BCUT2D eigenvalue weighted by atomic mass is 10.2. The number of nitrogens with one attached hydrogen (secondary N) is 1. The summed E-state index contributed by atoms with van der Waals surface area (Å²) in [6, 6.07) is 3.88. The second kappa shape index (κ2) is 4.12. The fourth-order valence-electron chi connectivity index (χ4n) is 1.92. The number of hydrogen-bond donors (Lipinski definition) is 1. The van der Waals surface area contributed by atoms with Gasteiger partial charge in [-0.1, -0.05) is 12.8 Å². The summed E-state index contributed by atoms with van der Waals surface area (Å²) in [4.78, 5) is 4.46. The molecule has 84 valence electrons. The minimum Gasteiger partial charge on any atom is -0.370 e. The van der Waals surface area contributed by atoms with Gasteiger partial charge in [0, 0.05) is 18.8 Å². The van der Waals surface area contributed by atoms with E-state index >= 15 is 0 Å². The van der Waals surface area contributed by atoms with Crippen LogP contribution in [-0.2, 0) is 0 Å². The fourth-order valence-corrected chi connectivity index (χ4v) is 1.92. The molecule has 1 aliphatic carbocycles. The summed E-state index contributed by atoms with van der Waals surface area (Å²) in [5.74, 6) is 1.97. The second-order valence-corrected chi connectivity index (χ2v) is 4.46. The van der Waals surface area contributed by atoms with Gasteiger partial charge in [0.1, 0.15) is 5.82 Å². The van der Waals surface area contributed by atoms with Crippen molar-refractivity contribution in [3.63, 3.8) is 0 Å². The lowest BCUT2D eigenvalue weighted by molar-refractivity contribution is 0.686. The van der Waals surface area contributed by atoms with Crippen molar-refractivity contribution in [1.82, 2.24) is 14.6 Å². The highest BCUT2D eigenvalue weighted by atomic mass is 15.2. The molecule has 0 atom stereocenters. The van der Waals surface area contributed by atoms with E-state index in [2.05, 4.69) is 15.4 Å². The molecule has 0 radical (unpaired) electrons. The van der Waals surface area contributed by atoms with Crippen molar-refractivity contribution >= 4 is 11.5 Å². The third kappa shape index (κ3) is 2.15. The van der Waals surface area contributed by atoms with Crippen LogP contribution in [0.4, 0.5) is 5.82 Å². The Morgan fingerprint density at radius 3 is 3.19 bits per heavy atom. The molecule has 2 aromatic heterocycles. The standard InChI is InChI=1S/C12H16N4/c1(2-10-3-4-10)7-13-11-6-9-16-12(15-11)5-8-14-16/h5-6,8-10H,1-4,7H2,(H,13,15). The smallest absolute Gasteiger partial charge is 0.157 e. The molecule has 0 bridgehead atoms. The molecule has 4 nitrogen and oxygen atoms in total. The average molecular weight is 216 g/mol. The molecule has 0 amide bonds. The quantitative estimate of drug-likeness (QED) is 0.780. The predicted octanol–water partition coefficient (Wildman–Crippen LogP) is 2.33. The number of hydrogen-bond acceptors (Lipinski definition) is 3. The van der Waals surface area contributed by atoms with Gasteiger partial charge in [0.2, 0.25) is 0 Å². The van der Waals surface area contributed by atoms with Gasteiger partial charge in [-0.2, -0.15) is 5.10 Å². The van der Waals surface area contributed by atoms with Gasteiger partial charge >= 0.3 is 0 Å². The van der Waals surface area contributed by atoms with Crippen LogP contribution >= 0.6 is 0 Å². The first kappa shape index (κ1) is 9.63. The monoisotopic (exact) mass is 216 g/mol. The Balaban J connectivity index is 1.55. The van der Waals surface area contributed by atoms with Gasteiger partial charge in [-0.25, -0.2) is 9.50 Å². The summed E-state index contributed by atoms with van der Waals surface area (Å²) in [6.07, 6.45) is 9.20. The maximum absolute atomic E-state index is 4.46. The van der Waals surface area contributed by atoms with Gasteiger partial charge in [0.25, 0.3) is 0 Å². The van der Waals surface area contributed by atoms with Crippen molar-refractivity contribution in [3.05, 3.63) is 24.5 Å². The maximum Gasteiger partial charge on any atom is 0.157 e. The van der Waals surface area contributed by atoms with Gasteiger partial charge in [-0.05, 0) is 24.8 Å². The van der Waals surface area contributed by atoms with E-state index < -0.39 is 0 Å². The lowest BCUT2D eigenvalue weighted by Crippen LogP contribution is -2.04. The summed E-state index contributed by atoms with van der Waals surface area (Å²) >= 11 is 0. The highest BCUT2D eigenvalue weighted by Crippen LogP contribution is 2.33. The summed E-state index contributed by atoms with van der Waals surface area (Å²) in [5, 5.41) is 7.47. The van der Waals surface area contributed by atoms with Crippen molar-refractivity contribution in [2.75, 3.05) is 11.9 Å². The summed E-state index contributed by atoms with van der Waals surface area (Å²) in [7, 11) is 0. The molecule has 0 spiro atoms. The van der Waals surface area contributed by atoms with E-state index in [-0.39, 0.29) is 0 Å². The van der Waals surface area contributed by atoms with Crippen LogP contribution in [0, 0.1) is 5.92 Å². The topological polar surface area (TPSA) is 42.2 Å². The summed E-state index contributed by atoms with van der Waals surface area (Å²) in [5.41, 5.74) is 0.896. The van der Waals surface area contributed by atoms with Gasteiger partial charge < -0.3 is 5.32 Å². The van der Waals surface area contributed by atoms with Crippen LogP contribution in [0.3, 0.4) is 0 Å². The van der Waals surface area contributed by atoms with E-state index in [9.17, 15) is 0 Å². The van der Waals surface area contributed by atoms with E-state index in [1.165, 1.54) is 25.7 Å². The molecule has 2 aromatic rings. The van der Waals surface area contributed by atoms with E-state index in [1.807, 2.05) is 18.3 Å². The Labute approximate surface area is 94.7 Å². The zero-order chi connectivity index (χ0) is 10.8. The Morgan fingerprint density at radius 1 is 1.38 bits per heavy atom. The number of fused-ring (bicyclic) bond motifs is 1. The summed E-state index contributed by atoms with van der Waals surface area (Å²) in [6.45, 7) is 1.02. The molecule has 0 unspecified atom stereocenters. The van der Waals surface area contributed by atoms with Gasteiger partial charge in [0.05, 0.1) is 6.20 Å². The molecule has 2 heterocycles. The molecule has 1 N–H and O–H groups in total. The molecule has 0 aromatic carbocycles. The molecule has 16 heavy (non-hydrogen) atoms. The lowest BCUT2D eigenvalue weighted by Gasteiger charge is -2.05. The van der Waals surface area contributed by atoms with Gasteiger partial charge in [-0.3, -0.25) is 0 Å². The number of aromatic nitrogens is 3. The molecule has 4 heteroatoms. The highest BCUT2D eigenvalue weighted by molar-refractivity contribution is 5.45. The van der Waals surface area contributed by atoms with Crippen molar-refractivity contribution in [3.8, 4) is 0 Å². The maximum atomic E-state index is 4.46. The first-order valence-electron chi connectivity index (χ1n) is 5.96. The molecule has 1 saturated carbocycles. The Hall–Kier alpha value is -1.58. The average Bonchev–Trinajstić information content (AvgIpc) is 3.01. The zero-order valence-corrected chi connectivity index (χ0v) is 9.26. The molecular formula is C12H16N4. The van der Waals surface area contributed by atoms with E-state index in [0.29, 0.717) is 0 Å². The third-order valence-electron chi connectivity index (χ3n) is 3.05. The molecule has 0 saturated heterocycles. The summed E-state index contributed by atoms with van der Waals surface area (Å²) < 4.78 is 1.77. The molecule has 1 aliphatic rings. The highest BCUT2D eigenvalue weighted by Gasteiger charge is 2.19. The van der Waals surface area contributed by atoms with Crippen LogP contribution in [0.2, 0.25) is 0 Å². The van der Waals surface area contributed by atoms with Crippen LogP contribution in [-0.4, -0.2) is 21.1 Å². The SMILES string of the molecule is c1cc2nc(NCCCC3CC3)ccn2n1. The molecule has 3 rings (SSSR count). The molecule has 1 fully saturated rings. The van der Waals surface area contributed by atoms with Gasteiger partial charge in [0.15, 0.2) is 5.65 Å². The first-order chi connectivity index (χ1) is 7.92. The first-order valence-corrected chi connectivity index (χ1v) is 5.96. The molecule has 0 aliphatic heterocycles. The molecular weight excluding hydrogens is 200 g/mol. The fraction of sp³-hybridized carbons (Fsp3) is 0.500.